The molecule has 0 aliphatic carbocycles. The van der Waals surface area contributed by atoms with Crippen LogP contribution in [0.2, 0.25) is 0 Å². The maximum atomic E-state index is 2.82. The molecule has 40 valence electrons. The average molecular weight is 153 g/mol. The first-order chi connectivity index (χ1) is 1.73. The van der Waals surface area contributed by atoms with Gasteiger partial charge in [0.05, 0.1) is 0 Å². The van der Waals surface area contributed by atoms with E-state index in [1.165, 1.54) is 4.42 Å². The predicted molar refractivity (Wildman–Crippen MR) is 35.6 cm³/mol. The van der Waals surface area contributed by atoms with Crippen molar-refractivity contribution < 1.29 is 0 Å². The van der Waals surface area contributed by atoms with E-state index in [-0.39, 0.29) is 14.9 Å². The first kappa shape index (κ1) is 16.2. The molecule has 6 heavy (non-hydrogen) atoms. The third-order valence-electron chi connectivity index (χ3n) is 0. The molecule has 0 aromatic carbocycles. The zero-order valence-electron chi connectivity index (χ0n) is 2.91. The second-order valence-electron chi connectivity index (χ2n) is 0.908. The quantitative estimate of drug-likeness (QED) is 0.464. The van der Waals surface area contributed by atoms with Crippen LogP contribution in [0, 0.1) is 0 Å². The average Bonchev–Trinajstić information content (AvgIpc) is 0.811. The van der Waals surface area contributed by atoms with E-state index < -0.39 is 0 Å². The Bertz CT molecular complexity index is 26.9. The molecule has 0 bridgehead atoms. The molecular weight excluding hydrogens is 139 g/mol. The minimum atomic E-state index is 0. The molecule has 0 aromatic heterocycles. The molecule has 0 aliphatic heterocycles. The Morgan fingerprint density at radius 2 is 1.17 bits per heavy atom. The van der Waals surface area contributed by atoms with E-state index >= 15 is 0 Å². The van der Waals surface area contributed by atoms with Gasteiger partial charge in [-0.25, -0.2) is 0 Å². The van der Waals surface area contributed by atoms with E-state index in [2.05, 4.69) is 15.6 Å². The van der Waals surface area contributed by atoms with E-state index in [0.29, 0.717) is 0 Å². The van der Waals surface area contributed by atoms with E-state index in [4.69, 9.17) is 0 Å². The van der Waals surface area contributed by atoms with Crippen LogP contribution >= 0.6 is 0 Å². The van der Waals surface area contributed by atoms with Crippen molar-refractivity contribution in [1.29, 1.82) is 0 Å². The van der Waals surface area contributed by atoms with Crippen LogP contribution in [0.25, 0.3) is 0 Å². The zero-order valence-corrected chi connectivity index (χ0v) is 4.62. The van der Waals surface area contributed by atoms with Crippen LogP contribution in [0.4, 0.5) is 0 Å². The van der Waals surface area contributed by atoms with Crippen LogP contribution in [0.5, 0.6) is 0 Å². The third-order valence-corrected chi connectivity index (χ3v) is 0. The second-order valence-corrected chi connectivity index (χ2v) is 2.62. The van der Waals surface area contributed by atoms with Gasteiger partial charge < -0.3 is 0 Å². The summed E-state index contributed by atoms with van der Waals surface area (Å²) in [6.45, 7) is 4.06. The Kier molecular flexibility index (Phi) is 24.3. The molecule has 0 nitrogen and oxygen atoms in total. The number of hydrogen-bond acceptors (Lipinski definition) is 0. The summed E-state index contributed by atoms with van der Waals surface area (Å²) in [7, 11) is 0. The van der Waals surface area contributed by atoms with Crippen LogP contribution in [-0.4, -0.2) is 20.0 Å². The first-order valence-corrected chi connectivity index (χ1v) is 2.06. The van der Waals surface area contributed by atoms with Crippen molar-refractivity contribution in [2.75, 3.05) is 0 Å². The fourth-order valence-electron chi connectivity index (χ4n) is 0. The van der Waals surface area contributed by atoms with Gasteiger partial charge in [0.25, 0.3) is 0 Å². The molecule has 0 saturated carbocycles. The van der Waals surface area contributed by atoms with Crippen molar-refractivity contribution >= 4 is 20.0 Å². The Morgan fingerprint density at radius 1 is 1.17 bits per heavy atom. The van der Waals surface area contributed by atoms with Gasteiger partial charge in [-0.05, 0) is 0 Å². The minimum absolute atomic E-state index is 0. The summed E-state index contributed by atoms with van der Waals surface area (Å²) in [5.74, 6) is 0. The molecule has 0 heterocycles. The second kappa shape index (κ2) is 9.04. The molecule has 0 unspecified atom stereocenters. The first-order valence-electron chi connectivity index (χ1n) is 1.20. The summed E-state index contributed by atoms with van der Waals surface area (Å²) in [5.41, 5.74) is 0. The number of hydrogen-bond donors (Lipinski definition) is 0. The normalized spacial score (nSPS) is 4.33. The van der Waals surface area contributed by atoms with Crippen LogP contribution in [0.3, 0.4) is 0 Å². The zero-order chi connectivity index (χ0) is 3.58. The molecular formula is C5H14Se. The molecule has 0 radical (unpaired) electrons. The maximum absolute atomic E-state index is 2.82. The van der Waals surface area contributed by atoms with Crippen molar-refractivity contribution in [3.8, 4) is 0 Å². The molecule has 1 heteroatoms. The van der Waals surface area contributed by atoms with Crippen LogP contribution < -0.4 is 0 Å². The van der Waals surface area contributed by atoms with Crippen molar-refractivity contribution in [2.24, 2.45) is 0 Å². The molecule has 0 atom stereocenters. The van der Waals surface area contributed by atoms with Crippen molar-refractivity contribution in [3.05, 3.63) is 0 Å². The Morgan fingerprint density at radius 3 is 1.17 bits per heavy atom. The van der Waals surface area contributed by atoms with E-state index in [1.807, 2.05) is 13.8 Å². The van der Waals surface area contributed by atoms with Crippen LogP contribution in [0.15, 0.2) is 0 Å². The topological polar surface area (TPSA) is 0 Å². The molecule has 0 spiro atoms. The van der Waals surface area contributed by atoms with E-state index in [9.17, 15) is 0 Å². The van der Waals surface area contributed by atoms with Gasteiger partial charge in [0.15, 0.2) is 0 Å². The summed E-state index contributed by atoms with van der Waals surface area (Å²) in [6.07, 6.45) is 0. The van der Waals surface area contributed by atoms with Gasteiger partial charge in [-0.1, -0.05) is 14.9 Å². The predicted octanol–water partition coefficient (Wildman–Crippen LogP) is 1.64. The molecule has 0 fully saturated rings. The molecule has 0 aromatic rings. The molecule has 0 N–H and O–H groups in total. The van der Waals surface area contributed by atoms with Gasteiger partial charge in [0.1, 0.15) is 0 Å². The fourth-order valence-corrected chi connectivity index (χ4v) is 0. The fraction of sp³-hybridized carbons (Fsp3) is 0.800. The van der Waals surface area contributed by atoms with E-state index in [1.54, 1.807) is 0 Å². The Hall–Kier alpha value is 0.389. The monoisotopic (exact) mass is 154 g/mol. The van der Waals surface area contributed by atoms with E-state index in [0.717, 1.165) is 0 Å². The van der Waals surface area contributed by atoms with Crippen molar-refractivity contribution in [3.63, 3.8) is 0 Å². The van der Waals surface area contributed by atoms with Gasteiger partial charge in [0, 0.05) is 0 Å². The van der Waals surface area contributed by atoms with Gasteiger partial charge in [-0.15, -0.1) is 0 Å². The Balaban J connectivity index is -0.0000000450. The van der Waals surface area contributed by atoms with Crippen LogP contribution in [-0.2, 0) is 0 Å². The van der Waals surface area contributed by atoms with Crippen molar-refractivity contribution in [2.45, 2.75) is 28.7 Å². The summed E-state index contributed by atoms with van der Waals surface area (Å²) >= 11 is 2.82. The summed E-state index contributed by atoms with van der Waals surface area (Å²) < 4.78 is 1.29. The molecule has 0 rings (SSSR count). The summed E-state index contributed by atoms with van der Waals surface area (Å²) in [6, 6.07) is 0. The molecule has 0 aliphatic rings. The van der Waals surface area contributed by atoms with Gasteiger partial charge in [-0.3, -0.25) is 0 Å². The third kappa shape index (κ3) is 332. The van der Waals surface area contributed by atoms with Gasteiger partial charge in [0.2, 0.25) is 0 Å². The van der Waals surface area contributed by atoms with Gasteiger partial charge in [-0.2, -0.15) is 0 Å². The molecule has 0 amide bonds. The standard InChI is InChI=1S/C3H6Se.2CH4/c1-3(2)4;;/h1-2H3;2*1H4. The van der Waals surface area contributed by atoms with Crippen molar-refractivity contribution in [1.82, 2.24) is 0 Å². The van der Waals surface area contributed by atoms with Gasteiger partial charge >= 0.3 is 33.8 Å². The summed E-state index contributed by atoms with van der Waals surface area (Å²) in [4.78, 5) is 0. The summed E-state index contributed by atoms with van der Waals surface area (Å²) in [5, 5.41) is 0. The van der Waals surface area contributed by atoms with Crippen LogP contribution in [0.1, 0.15) is 28.7 Å². The Labute approximate surface area is 49.3 Å². The molecule has 0 saturated heterocycles. The SMILES string of the molecule is C.C.CC(C)=[Se]. The number of rotatable bonds is 0.